The van der Waals surface area contributed by atoms with Crippen molar-refractivity contribution >= 4 is 39.2 Å². The first-order chi connectivity index (χ1) is 15.1. The maximum absolute atomic E-state index is 13.0. The molecule has 3 aromatic rings. The number of para-hydroxylation sites is 1. The number of hydrogen-bond acceptors (Lipinski definition) is 6. The first-order valence-corrected chi connectivity index (χ1v) is 11.4. The first-order valence-electron chi connectivity index (χ1n) is 10.5. The highest BCUT2D eigenvalue weighted by Crippen LogP contribution is 2.36. The predicted octanol–water partition coefficient (Wildman–Crippen LogP) is 3.98. The van der Waals surface area contributed by atoms with E-state index in [4.69, 9.17) is 9.72 Å². The summed E-state index contributed by atoms with van der Waals surface area (Å²) in [5.74, 6) is 0.535. The summed E-state index contributed by atoms with van der Waals surface area (Å²) in [5, 5.41) is 9.10. The van der Waals surface area contributed by atoms with Crippen molar-refractivity contribution < 1.29 is 14.3 Å². The van der Waals surface area contributed by atoms with Gasteiger partial charge in [0.25, 0.3) is 5.91 Å². The van der Waals surface area contributed by atoms with Gasteiger partial charge in [-0.05, 0) is 43.7 Å². The number of benzene rings is 1. The molecular weight excluding hydrogens is 412 g/mol. The molecule has 162 valence electrons. The minimum atomic E-state index is -0.163. The van der Waals surface area contributed by atoms with Gasteiger partial charge >= 0.3 is 0 Å². The number of anilines is 1. The summed E-state index contributed by atoms with van der Waals surface area (Å²) in [4.78, 5) is 33.7. The summed E-state index contributed by atoms with van der Waals surface area (Å²) < 4.78 is 4.86. The number of rotatable bonds is 7. The second-order valence-corrected chi connectivity index (χ2v) is 8.75. The van der Waals surface area contributed by atoms with Crippen molar-refractivity contribution in [3.05, 3.63) is 53.2 Å². The van der Waals surface area contributed by atoms with Crippen molar-refractivity contribution in [2.75, 3.05) is 25.6 Å². The molecule has 0 unspecified atom stereocenters. The van der Waals surface area contributed by atoms with Gasteiger partial charge in [0.2, 0.25) is 5.91 Å². The molecule has 4 rings (SSSR count). The zero-order valence-corrected chi connectivity index (χ0v) is 18.3. The van der Waals surface area contributed by atoms with Crippen LogP contribution in [-0.2, 0) is 9.53 Å². The number of aromatic nitrogens is 2. The summed E-state index contributed by atoms with van der Waals surface area (Å²) in [6, 6.07) is 9.70. The third-order valence-electron chi connectivity index (χ3n) is 5.76. The van der Waals surface area contributed by atoms with Gasteiger partial charge in [0.05, 0.1) is 11.1 Å². The lowest BCUT2D eigenvalue weighted by Crippen LogP contribution is -2.33. The van der Waals surface area contributed by atoms with Crippen LogP contribution in [0.2, 0.25) is 0 Å². The monoisotopic (exact) mass is 438 g/mol. The van der Waals surface area contributed by atoms with Crippen LogP contribution in [0.3, 0.4) is 0 Å². The Morgan fingerprint density at radius 2 is 2.00 bits per heavy atom. The first kappa shape index (κ1) is 21.4. The van der Waals surface area contributed by atoms with Crippen LogP contribution in [0.25, 0.3) is 10.9 Å². The largest absolute Gasteiger partial charge is 0.375 e. The molecule has 2 N–H and O–H groups in total. The van der Waals surface area contributed by atoms with E-state index in [0.717, 1.165) is 42.3 Å². The van der Waals surface area contributed by atoms with E-state index in [0.29, 0.717) is 29.1 Å². The fourth-order valence-electron chi connectivity index (χ4n) is 4.15. The second kappa shape index (κ2) is 9.98. The number of hydrogen-bond donors (Lipinski definition) is 2. The average Bonchev–Trinajstić information content (AvgIpc) is 3.30. The Balaban J connectivity index is 1.48. The molecule has 0 spiro atoms. The van der Waals surface area contributed by atoms with Gasteiger partial charge in [-0.15, -0.1) is 11.3 Å². The SMILES string of the molecule is COCC(=O)NCC1CCC(c2cc(C(=O)Nc3nccs3)c3ccccc3n2)CC1. The van der Waals surface area contributed by atoms with Gasteiger partial charge < -0.3 is 10.1 Å². The molecule has 1 aliphatic carbocycles. The lowest BCUT2D eigenvalue weighted by atomic mass is 9.80. The van der Waals surface area contributed by atoms with Gasteiger partial charge in [0, 0.05) is 42.2 Å². The Labute approximate surface area is 185 Å². The van der Waals surface area contributed by atoms with Crippen LogP contribution in [0.1, 0.15) is 47.7 Å². The molecule has 0 atom stereocenters. The van der Waals surface area contributed by atoms with Crippen molar-refractivity contribution in [3.8, 4) is 0 Å². The van der Waals surface area contributed by atoms with Crippen LogP contribution < -0.4 is 10.6 Å². The Hall–Kier alpha value is -2.84. The normalized spacial score (nSPS) is 18.6. The van der Waals surface area contributed by atoms with E-state index in [1.165, 1.54) is 18.4 Å². The number of methoxy groups -OCH3 is 1. The molecule has 1 aromatic carbocycles. The van der Waals surface area contributed by atoms with Crippen molar-refractivity contribution in [1.82, 2.24) is 15.3 Å². The zero-order chi connectivity index (χ0) is 21.6. The number of amides is 2. The number of fused-ring (bicyclic) bond motifs is 1. The molecule has 31 heavy (non-hydrogen) atoms. The number of nitrogens with zero attached hydrogens (tertiary/aromatic N) is 2. The third-order valence-corrected chi connectivity index (χ3v) is 6.45. The minimum Gasteiger partial charge on any atom is -0.375 e. The fraction of sp³-hybridized carbons (Fsp3) is 0.391. The van der Waals surface area contributed by atoms with Crippen molar-refractivity contribution in [2.24, 2.45) is 5.92 Å². The lowest BCUT2D eigenvalue weighted by Gasteiger charge is -2.28. The Morgan fingerprint density at radius 3 is 2.74 bits per heavy atom. The molecule has 1 fully saturated rings. The summed E-state index contributed by atoms with van der Waals surface area (Å²) >= 11 is 1.40. The summed E-state index contributed by atoms with van der Waals surface area (Å²) in [5.41, 5.74) is 2.42. The smallest absolute Gasteiger partial charge is 0.258 e. The highest BCUT2D eigenvalue weighted by Gasteiger charge is 2.25. The molecule has 2 heterocycles. The quantitative estimate of drug-likeness (QED) is 0.582. The molecule has 0 bridgehead atoms. The summed E-state index contributed by atoms with van der Waals surface area (Å²) in [6.45, 7) is 0.781. The van der Waals surface area contributed by atoms with Gasteiger partial charge in [0.15, 0.2) is 5.13 Å². The number of ether oxygens (including phenoxy) is 1. The van der Waals surface area contributed by atoms with Gasteiger partial charge in [-0.3, -0.25) is 19.9 Å². The highest BCUT2D eigenvalue weighted by molar-refractivity contribution is 7.13. The van der Waals surface area contributed by atoms with Crippen molar-refractivity contribution in [2.45, 2.75) is 31.6 Å². The molecule has 1 saturated carbocycles. The molecule has 8 heteroatoms. The number of thiazole rings is 1. The van der Waals surface area contributed by atoms with E-state index in [9.17, 15) is 9.59 Å². The molecule has 7 nitrogen and oxygen atoms in total. The summed E-state index contributed by atoms with van der Waals surface area (Å²) in [7, 11) is 1.52. The number of carbonyl (C=O) groups excluding carboxylic acids is 2. The molecule has 0 aliphatic heterocycles. The fourth-order valence-corrected chi connectivity index (χ4v) is 4.67. The molecule has 1 aliphatic rings. The Morgan fingerprint density at radius 1 is 1.19 bits per heavy atom. The second-order valence-electron chi connectivity index (χ2n) is 7.86. The van der Waals surface area contributed by atoms with Crippen LogP contribution >= 0.6 is 11.3 Å². The van der Waals surface area contributed by atoms with Crippen LogP contribution in [0.4, 0.5) is 5.13 Å². The molecular formula is C23H26N4O3S. The zero-order valence-electron chi connectivity index (χ0n) is 17.5. The van der Waals surface area contributed by atoms with E-state index in [1.54, 1.807) is 6.20 Å². The van der Waals surface area contributed by atoms with Crippen molar-refractivity contribution in [3.63, 3.8) is 0 Å². The molecule has 2 amide bonds. The van der Waals surface area contributed by atoms with Gasteiger partial charge in [-0.25, -0.2) is 4.98 Å². The predicted molar refractivity (Wildman–Crippen MR) is 121 cm³/mol. The number of pyridine rings is 1. The molecule has 0 radical (unpaired) electrons. The third kappa shape index (κ3) is 5.26. The number of nitrogens with one attached hydrogen (secondary N) is 2. The van der Waals surface area contributed by atoms with Crippen LogP contribution in [0.15, 0.2) is 41.9 Å². The number of carbonyl (C=O) groups is 2. The topological polar surface area (TPSA) is 93.2 Å². The maximum atomic E-state index is 13.0. The van der Waals surface area contributed by atoms with E-state index in [2.05, 4.69) is 15.6 Å². The molecule has 2 aromatic heterocycles. The van der Waals surface area contributed by atoms with E-state index in [-0.39, 0.29) is 18.4 Å². The molecule has 0 saturated heterocycles. The van der Waals surface area contributed by atoms with Crippen LogP contribution in [-0.4, -0.2) is 42.0 Å². The minimum absolute atomic E-state index is 0.0725. The van der Waals surface area contributed by atoms with Crippen molar-refractivity contribution in [1.29, 1.82) is 0 Å². The van der Waals surface area contributed by atoms with E-state index in [1.807, 2.05) is 35.7 Å². The Kier molecular flexibility index (Phi) is 6.89. The van der Waals surface area contributed by atoms with Crippen LogP contribution in [0, 0.1) is 5.92 Å². The lowest BCUT2D eigenvalue weighted by molar-refractivity contribution is -0.124. The highest BCUT2D eigenvalue weighted by atomic mass is 32.1. The van der Waals surface area contributed by atoms with Gasteiger partial charge in [-0.1, -0.05) is 18.2 Å². The van der Waals surface area contributed by atoms with Gasteiger partial charge in [-0.2, -0.15) is 0 Å². The van der Waals surface area contributed by atoms with E-state index < -0.39 is 0 Å². The average molecular weight is 439 g/mol. The maximum Gasteiger partial charge on any atom is 0.258 e. The standard InChI is InChI=1S/C23H26N4O3S/c1-30-14-21(28)25-13-15-6-8-16(9-7-15)20-12-18(17-4-2-3-5-19(17)26-20)22(29)27-23-24-10-11-31-23/h2-5,10-12,15-16H,6-9,13-14H2,1H3,(H,25,28)(H,24,27,29). The van der Waals surface area contributed by atoms with Crippen LogP contribution in [0.5, 0.6) is 0 Å². The van der Waals surface area contributed by atoms with E-state index >= 15 is 0 Å². The summed E-state index contributed by atoms with van der Waals surface area (Å²) in [6.07, 6.45) is 5.69. The van der Waals surface area contributed by atoms with Gasteiger partial charge in [0.1, 0.15) is 6.61 Å². The Bertz CT molecular complexity index is 1050.